The van der Waals surface area contributed by atoms with E-state index in [0.717, 1.165) is 0 Å². The molecule has 0 heterocycles. The summed E-state index contributed by atoms with van der Waals surface area (Å²) in [7, 11) is 0. The second-order valence-electron chi connectivity index (χ2n) is 4.99. The van der Waals surface area contributed by atoms with Crippen LogP contribution >= 0.6 is 11.8 Å². The van der Waals surface area contributed by atoms with E-state index in [4.69, 9.17) is 9.47 Å². The van der Waals surface area contributed by atoms with Crippen molar-refractivity contribution in [2.45, 2.75) is 10.7 Å². The number of alkyl halides is 2. The zero-order valence-electron chi connectivity index (χ0n) is 13.7. The lowest BCUT2D eigenvalue weighted by Gasteiger charge is -2.08. The maximum absolute atomic E-state index is 12.2. The summed E-state index contributed by atoms with van der Waals surface area (Å²) >= 11 is 0.385. The fourth-order valence-corrected chi connectivity index (χ4v) is 2.41. The minimum absolute atomic E-state index is 0.184. The Labute approximate surface area is 153 Å². The number of nitrogens with one attached hydrogen (secondary N) is 1. The molecule has 0 aliphatic heterocycles. The van der Waals surface area contributed by atoms with Gasteiger partial charge in [-0.15, -0.1) is 0 Å². The molecule has 0 aliphatic carbocycles. The van der Waals surface area contributed by atoms with Crippen molar-refractivity contribution in [2.24, 2.45) is 0 Å². The lowest BCUT2D eigenvalue weighted by Crippen LogP contribution is -2.32. The highest BCUT2D eigenvalue weighted by Gasteiger charge is 2.11. The van der Waals surface area contributed by atoms with E-state index in [1.165, 1.54) is 24.3 Å². The number of esters is 1. The van der Waals surface area contributed by atoms with E-state index in [0.29, 0.717) is 22.4 Å². The molecule has 0 bridgehead atoms. The highest BCUT2D eigenvalue weighted by atomic mass is 32.2. The first kappa shape index (κ1) is 19.7. The third-order valence-electron chi connectivity index (χ3n) is 3.09. The highest BCUT2D eigenvalue weighted by Crippen LogP contribution is 2.25. The van der Waals surface area contributed by atoms with Crippen LogP contribution in [0.5, 0.6) is 5.75 Å². The van der Waals surface area contributed by atoms with E-state index < -0.39 is 24.2 Å². The number of hydrogen-bond donors (Lipinski definition) is 1. The summed E-state index contributed by atoms with van der Waals surface area (Å²) in [5.74, 6) is -2.99. The monoisotopic (exact) mass is 381 g/mol. The second kappa shape index (κ2) is 10.4. The van der Waals surface area contributed by atoms with Crippen molar-refractivity contribution in [2.75, 3.05) is 19.8 Å². The van der Waals surface area contributed by atoms with E-state index in [-0.39, 0.29) is 18.7 Å². The molecule has 0 spiro atoms. The molecule has 0 aliphatic rings. The molecule has 138 valence electrons. The van der Waals surface area contributed by atoms with Crippen LogP contribution in [0.15, 0.2) is 59.5 Å². The average Bonchev–Trinajstić information content (AvgIpc) is 2.64. The summed E-state index contributed by atoms with van der Waals surface area (Å²) in [6.07, 6.45) is 0. The van der Waals surface area contributed by atoms with Gasteiger partial charge in [0.25, 0.3) is 11.7 Å². The van der Waals surface area contributed by atoms with Gasteiger partial charge in [-0.05, 0) is 36.4 Å². The predicted molar refractivity (Wildman–Crippen MR) is 93.5 cm³/mol. The number of hydrogen-bond acceptors (Lipinski definition) is 5. The van der Waals surface area contributed by atoms with E-state index >= 15 is 0 Å². The topological polar surface area (TPSA) is 64.6 Å². The Balaban J connectivity index is 1.65. The van der Waals surface area contributed by atoms with Crippen LogP contribution in [0, 0.1) is 0 Å². The molecule has 0 aromatic heterocycles. The molecule has 2 rings (SSSR count). The zero-order valence-corrected chi connectivity index (χ0v) is 14.5. The molecule has 0 unspecified atom stereocenters. The largest absolute Gasteiger partial charge is 0.492 e. The van der Waals surface area contributed by atoms with Crippen molar-refractivity contribution in [3.05, 3.63) is 60.2 Å². The van der Waals surface area contributed by atoms with Gasteiger partial charge in [0.15, 0.2) is 6.61 Å². The summed E-state index contributed by atoms with van der Waals surface area (Å²) < 4.78 is 34.8. The lowest BCUT2D eigenvalue weighted by molar-refractivity contribution is -0.124. The Bertz CT molecular complexity index is 711. The molecule has 2 aromatic rings. The molecule has 26 heavy (non-hydrogen) atoms. The molecule has 0 atom stereocenters. The lowest BCUT2D eigenvalue weighted by atomic mass is 10.2. The summed E-state index contributed by atoms with van der Waals surface area (Å²) in [6.45, 7) is 0.121. The number of para-hydroxylation sites is 1. The van der Waals surface area contributed by atoms with Gasteiger partial charge in [-0.2, -0.15) is 8.78 Å². The van der Waals surface area contributed by atoms with Gasteiger partial charge >= 0.3 is 5.97 Å². The van der Waals surface area contributed by atoms with Gasteiger partial charge in [0.2, 0.25) is 0 Å². The SMILES string of the molecule is O=C(COC(=O)c1ccc(SC(F)F)cc1)NCCOc1ccccc1. The van der Waals surface area contributed by atoms with Gasteiger partial charge in [0.1, 0.15) is 12.4 Å². The van der Waals surface area contributed by atoms with Crippen molar-refractivity contribution in [1.82, 2.24) is 5.32 Å². The van der Waals surface area contributed by atoms with Gasteiger partial charge in [0.05, 0.1) is 12.1 Å². The molecule has 0 radical (unpaired) electrons. The predicted octanol–water partition coefficient (Wildman–Crippen LogP) is 3.35. The molecule has 1 N–H and O–H groups in total. The highest BCUT2D eigenvalue weighted by molar-refractivity contribution is 7.99. The number of benzene rings is 2. The Morgan fingerprint density at radius 2 is 1.73 bits per heavy atom. The van der Waals surface area contributed by atoms with Crippen molar-refractivity contribution in [3.63, 3.8) is 0 Å². The number of thioether (sulfide) groups is 1. The van der Waals surface area contributed by atoms with Gasteiger partial charge in [0, 0.05) is 4.90 Å². The van der Waals surface area contributed by atoms with Crippen molar-refractivity contribution >= 4 is 23.6 Å². The van der Waals surface area contributed by atoms with E-state index in [1.807, 2.05) is 18.2 Å². The fraction of sp³-hybridized carbons (Fsp3) is 0.222. The summed E-state index contributed by atoms with van der Waals surface area (Å²) in [5, 5.41) is 2.56. The second-order valence-corrected chi connectivity index (χ2v) is 6.05. The molecule has 1 amide bonds. The molecule has 0 saturated carbocycles. The number of amides is 1. The minimum Gasteiger partial charge on any atom is -0.492 e. The molecule has 5 nitrogen and oxygen atoms in total. The number of halogens is 2. The summed E-state index contributed by atoms with van der Waals surface area (Å²) in [4.78, 5) is 23.8. The first-order valence-electron chi connectivity index (χ1n) is 7.71. The Morgan fingerprint density at radius 3 is 2.38 bits per heavy atom. The van der Waals surface area contributed by atoms with E-state index in [2.05, 4.69) is 5.32 Å². The van der Waals surface area contributed by atoms with E-state index in [9.17, 15) is 18.4 Å². The standard InChI is InChI=1S/C18H17F2NO4S/c19-18(20)26-15-8-6-13(7-9-15)17(23)25-12-16(22)21-10-11-24-14-4-2-1-3-5-14/h1-9,18H,10-12H2,(H,21,22). The van der Waals surface area contributed by atoms with Crippen LogP contribution < -0.4 is 10.1 Å². The first-order valence-corrected chi connectivity index (χ1v) is 8.59. The Morgan fingerprint density at radius 1 is 1.04 bits per heavy atom. The van der Waals surface area contributed by atoms with E-state index in [1.54, 1.807) is 12.1 Å². The first-order chi connectivity index (χ1) is 12.5. The number of ether oxygens (including phenoxy) is 2. The average molecular weight is 381 g/mol. The number of carbonyl (C=O) groups excluding carboxylic acids is 2. The van der Waals surface area contributed by atoms with Gasteiger partial charge in [-0.25, -0.2) is 4.79 Å². The summed E-state index contributed by atoms with van der Waals surface area (Å²) in [5.41, 5.74) is 0.184. The van der Waals surface area contributed by atoms with Crippen LogP contribution in [0.25, 0.3) is 0 Å². The molecule has 8 heteroatoms. The molecule has 2 aromatic carbocycles. The number of carbonyl (C=O) groups is 2. The van der Waals surface area contributed by atoms with Crippen molar-refractivity contribution in [1.29, 1.82) is 0 Å². The molecular formula is C18H17F2NO4S. The van der Waals surface area contributed by atoms with Crippen LogP contribution in [-0.2, 0) is 9.53 Å². The maximum atomic E-state index is 12.2. The van der Waals surface area contributed by atoms with Crippen LogP contribution in [0.4, 0.5) is 8.78 Å². The fourth-order valence-electron chi connectivity index (χ4n) is 1.91. The zero-order chi connectivity index (χ0) is 18.8. The maximum Gasteiger partial charge on any atom is 0.338 e. The molecule has 0 saturated heterocycles. The third kappa shape index (κ3) is 7.10. The summed E-state index contributed by atoms with van der Waals surface area (Å²) in [6, 6.07) is 14.7. The number of rotatable bonds is 9. The van der Waals surface area contributed by atoms with Crippen molar-refractivity contribution < 1.29 is 27.8 Å². The van der Waals surface area contributed by atoms with Crippen molar-refractivity contribution in [3.8, 4) is 5.75 Å². The Hall–Kier alpha value is -2.61. The van der Waals surface area contributed by atoms with Gasteiger partial charge in [-0.3, -0.25) is 4.79 Å². The van der Waals surface area contributed by atoms with Gasteiger partial charge in [-0.1, -0.05) is 30.0 Å². The Kier molecular flexibility index (Phi) is 7.88. The quantitative estimate of drug-likeness (QED) is 0.410. The minimum atomic E-state index is -2.53. The molecule has 0 fully saturated rings. The van der Waals surface area contributed by atoms with Crippen LogP contribution in [0.3, 0.4) is 0 Å². The van der Waals surface area contributed by atoms with Gasteiger partial charge < -0.3 is 14.8 Å². The molecular weight excluding hydrogens is 364 g/mol. The third-order valence-corrected chi connectivity index (χ3v) is 3.81. The van der Waals surface area contributed by atoms with Crippen LogP contribution in [0.2, 0.25) is 0 Å². The normalized spacial score (nSPS) is 10.4. The van der Waals surface area contributed by atoms with Crippen LogP contribution in [-0.4, -0.2) is 37.4 Å². The van der Waals surface area contributed by atoms with Crippen LogP contribution in [0.1, 0.15) is 10.4 Å². The smallest absolute Gasteiger partial charge is 0.338 e.